The second-order valence-electron chi connectivity index (χ2n) is 8.55. The molecule has 9 heteroatoms. The number of rotatable bonds is 6. The van der Waals surface area contributed by atoms with Crippen molar-refractivity contribution in [3.05, 3.63) is 59.0 Å². The van der Waals surface area contributed by atoms with E-state index in [2.05, 4.69) is 22.4 Å². The zero-order chi connectivity index (χ0) is 22.9. The number of piperidine rings is 1. The Hall–Kier alpha value is -2.78. The van der Waals surface area contributed by atoms with E-state index in [4.69, 9.17) is 0 Å². The van der Waals surface area contributed by atoms with Crippen molar-refractivity contribution in [1.82, 2.24) is 24.2 Å². The van der Waals surface area contributed by atoms with Crippen LogP contribution in [0.1, 0.15) is 47.1 Å². The summed E-state index contributed by atoms with van der Waals surface area (Å²) in [5.74, 6) is 0.984. The van der Waals surface area contributed by atoms with Crippen molar-refractivity contribution < 1.29 is 13.2 Å². The van der Waals surface area contributed by atoms with Gasteiger partial charge in [0.1, 0.15) is 5.82 Å². The Kier molecular flexibility index (Phi) is 6.30. The summed E-state index contributed by atoms with van der Waals surface area (Å²) in [6.07, 6.45) is 4.11. The molecular formula is C23H29N5O3S. The summed E-state index contributed by atoms with van der Waals surface area (Å²) in [5, 5.41) is 11.2. The zero-order valence-electron chi connectivity index (χ0n) is 18.7. The third-order valence-electron chi connectivity index (χ3n) is 6.26. The van der Waals surface area contributed by atoms with Crippen molar-refractivity contribution in [3.8, 4) is 0 Å². The van der Waals surface area contributed by atoms with Gasteiger partial charge in [-0.05, 0) is 68.0 Å². The Morgan fingerprint density at radius 1 is 1.16 bits per heavy atom. The molecular weight excluding hydrogens is 426 g/mol. The molecule has 1 aliphatic heterocycles. The molecule has 2 aromatic heterocycles. The number of sulfonamides is 1. The first kappa shape index (κ1) is 22.4. The average Bonchev–Trinajstić information content (AvgIpc) is 3.19. The molecule has 4 rings (SSSR count). The average molecular weight is 456 g/mol. The van der Waals surface area contributed by atoms with Gasteiger partial charge in [-0.3, -0.25) is 9.20 Å². The standard InChI is InChI=1S/C23H29N5O3S/c1-16-8-12-27(13-9-16)32(30,31)20-15-19(14-17(2)18(20)3)23(29)24-10-7-22-26-25-21-6-4-5-11-28(21)22/h4-6,11,14-16H,7-10,12-13H2,1-3H3,(H,24,29). The SMILES string of the molecule is Cc1cc(C(=O)NCCc2nnc3ccccn23)cc(S(=O)(=O)N2CCC(C)CC2)c1C. The molecule has 0 unspecified atom stereocenters. The molecule has 1 amide bonds. The molecule has 0 spiro atoms. The van der Waals surface area contributed by atoms with Gasteiger partial charge in [-0.2, -0.15) is 4.31 Å². The van der Waals surface area contributed by atoms with Crippen LogP contribution in [0.15, 0.2) is 41.4 Å². The number of hydrogen-bond acceptors (Lipinski definition) is 5. The molecule has 1 aliphatic rings. The Morgan fingerprint density at radius 2 is 1.91 bits per heavy atom. The lowest BCUT2D eigenvalue weighted by Gasteiger charge is -2.30. The number of aromatic nitrogens is 3. The molecule has 32 heavy (non-hydrogen) atoms. The highest BCUT2D eigenvalue weighted by Crippen LogP contribution is 2.28. The third kappa shape index (κ3) is 4.40. The molecule has 0 bridgehead atoms. The van der Waals surface area contributed by atoms with E-state index in [1.54, 1.807) is 17.3 Å². The predicted octanol–water partition coefficient (Wildman–Crippen LogP) is 2.74. The number of carbonyl (C=O) groups is 1. The van der Waals surface area contributed by atoms with Crippen LogP contribution >= 0.6 is 0 Å². The normalized spacial score (nSPS) is 15.8. The molecule has 0 radical (unpaired) electrons. The van der Waals surface area contributed by atoms with Gasteiger partial charge < -0.3 is 5.32 Å². The van der Waals surface area contributed by atoms with E-state index in [1.165, 1.54) is 6.07 Å². The summed E-state index contributed by atoms with van der Waals surface area (Å²) in [5.41, 5.74) is 2.58. The van der Waals surface area contributed by atoms with Crippen molar-refractivity contribution in [2.24, 2.45) is 5.92 Å². The van der Waals surface area contributed by atoms with E-state index in [9.17, 15) is 13.2 Å². The first-order chi connectivity index (χ1) is 15.3. The van der Waals surface area contributed by atoms with Crippen LogP contribution in [-0.4, -0.2) is 52.9 Å². The first-order valence-corrected chi connectivity index (χ1v) is 12.4. The molecule has 8 nitrogen and oxygen atoms in total. The van der Waals surface area contributed by atoms with E-state index in [1.807, 2.05) is 35.7 Å². The molecule has 3 aromatic rings. The van der Waals surface area contributed by atoms with Gasteiger partial charge in [0.2, 0.25) is 10.0 Å². The molecule has 0 saturated carbocycles. The summed E-state index contributed by atoms with van der Waals surface area (Å²) in [6.45, 7) is 7.19. The van der Waals surface area contributed by atoms with E-state index >= 15 is 0 Å². The molecule has 0 atom stereocenters. The number of nitrogens with zero attached hydrogens (tertiary/aromatic N) is 4. The van der Waals surface area contributed by atoms with Crippen molar-refractivity contribution >= 4 is 21.6 Å². The second kappa shape index (κ2) is 8.99. The molecule has 1 N–H and O–H groups in total. The van der Waals surface area contributed by atoms with Gasteiger partial charge in [0, 0.05) is 37.8 Å². The minimum absolute atomic E-state index is 0.223. The van der Waals surface area contributed by atoms with Gasteiger partial charge in [-0.25, -0.2) is 8.42 Å². The van der Waals surface area contributed by atoms with Gasteiger partial charge in [0.25, 0.3) is 5.91 Å². The molecule has 3 heterocycles. The first-order valence-electron chi connectivity index (χ1n) is 11.0. The van der Waals surface area contributed by atoms with Gasteiger partial charge in [0.05, 0.1) is 4.90 Å². The number of aryl methyl sites for hydroxylation is 1. The highest BCUT2D eigenvalue weighted by molar-refractivity contribution is 7.89. The summed E-state index contributed by atoms with van der Waals surface area (Å²) in [7, 11) is -3.64. The zero-order valence-corrected chi connectivity index (χ0v) is 19.5. The van der Waals surface area contributed by atoms with Gasteiger partial charge in [-0.1, -0.05) is 13.0 Å². The molecule has 0 aliphatic carbocycles. The lowest BCUT2D eigenvalue weighted by molar-refractivity contribution is 0.0953. The van der Waals surface area contributed by atoms with Crippen molar-refractivity contribution in [2.75, 3.05) is 19.6 Å². The number of fused-ring (bicyclic) bond motifs is 1. The minimum atomic E-state index is -3.64. The van der Waals surface area contributed by atoms with E-state index in [0.29, 0.717) is 43.1 Å². The quantitative estimate of drug-likeness (QED) is 0.617. The summed E-state index contributed by atoms with van der Waals surface area (Å²) in [6, 6.07) is 8.92. The van der Waals surface area contributed by atoms with Crippen LogP contribution in [0.2, 0.25) is 0 Å². The van der Waals surface area contributed by atoms with Crippen molar-refractivity contribution in [2.45, 2.75) is 44.9 Å². The monoisotopic (exact) mass is 455 g/mol. The number of pyridine rings is 1. The van der Waals surface area contributed by atoms with Crippen LogP contribution in [0.4, 0.5) is 0 Å². The summed E-state index contributed by atoms with van der Waals surface area (Å²) < 4.78 is 30.1. The van der Waals surface area contributed by atoms with Crippen molar-refractivity contribution in [1.29, 1.82) is 0 Å². The number of carbonyl (C=O) groups excluding carboxylic acids is 1. The highest BCUT2D eigenvalue weighted by atomic mass is 32.2. The van der Waals surface area contributed by atoms with Crippen molar-refractivity contribution in [3.63, 3.8) is 0 Å². The Morgan fingerprint density at radius 3 is 2.66 bits per heavy atom. The maximum absolute atomic E-state index is 13.3. The molecule has 1 saturated heterocycles. The van der Waals surface area contributed by atoms with Crippen LogP contribution in [-0.2, 0) is 16.4 Å². The van der Waals surface area contributed by atoms with Gasteiger partial charge in [0.15, 0.2) is 5.65 Å². The highest BCUT2D eigenvalue weighted by Gasteiger charge is 2.30. The minimum Gasteiger partial charge on any atom is -0.352 e. The van der Waals surface area contributed by atoms with Gasteiger partial charge in [-0.15, -0.1) is 10.2 Å². The Labute approximate surface area is 188 Å². The summed E-state index contributed by atoms with van der Waals surface area (Å²) in [4.78, 5) is 13.1. The van der Waals surface area contributed by atoms with Crippen LogP contribution in [0.3, 0.4) is 0 Å². The van der Waals surface area contributed by atoms with Gasteiger partial charge >= 0.3 is 0 Å². The number of benzene rings is 1. The fourth-order valence-electron chi connectivity index (χ4n) is 4.04. The second-order valence-corrected chi connectivity index (χ2v) is 10.5. The van der Waals surface area contributed by atoms with E-state index in [0.717, 1.165) is 29.9 Å². The maximum atomic E-state index is 13.3. The van der Waals surface area contributed by atoms with Crippen LogP contribution in [0.5, 0.6) is 0 Å². The van der Waals surface area contributed by atoms with Crippen LogP contribution < -0.4 is 5.32 Å². The third-order valence-corrected chi connectivity index (χ3v) is 8.29. The maximum Gasteiger partial charge on any atom is 0.251 e. The van der Waals surface area contributed by atoms with Crippen LogP contribution in [0.25, 0.3) is 5.65 Å². The molecule has 1 fully saturated rings. The fourth-order valence-corrected chi connectivity index (χ4v) is 5.84. The molecule has 170 valence electrons. The molecule has 1 aromatic carbocycles. The largest absolute Gasteiger partial charge is 0.352 e. The van der Waals surface area contributed by atoms with E-state index in [-0.39, 0.29) is 10.8 Å². The lowest BCUT2D eigenvalue weighted by atomic mass is 10.0. The Balaban J connectivity index is 1.50. The van der Waals surface area contributed by atoms with E-state index < -0.39 is 10.0 Å². The smallest absolute Gasteiger partial charge is 0.251 e. The number of nitrogens with one attached hydrogen (secondary N) is 1. The number of hydrogen-bond donors (Lipinski definition) is 1. The predicted molar refractivity (Wildman–Crippen MR) is 122 cm³/mol. The Bertz CT molecular complexity index is 1240. The summed E-state index contributed by atoms with van der Waals surface area (Å²) >= 11 is 0. The van der Waals surface area contributed by atoms with Crippen LogP contribution in [0, 0.1) is 19.8 Å². The lowest BCUT2D eigenvalue weighted by Crippen LogP contribution is -2.38. The number of amides is 1. The topological polar surface area (TPSA) is 96.7 Å². The fraction of sp³-hybridized carbons (Fsp3) is 0.435.